The Kier molecular flexibility index (Phi) is 31.0. The van der Waals surface area contributed by atoms with Gasteiger partial charge < -0.3 is 66.9 Å². The standard InChI is InChI=1S/C41H64INO14/c42-9-11-45-13-15-47-17-19-49-21-23-51-25-27-53-29-31-55-33-34-56-32-30-54-28-26-52-24-22-50-20-18-48-16-14-46-12-10-43-41(44)57-35-40-38-7-3-1-5-36(38)37-6-2-4-8-39(37)40/h1-8,40H,9-35H2,(H,43,44). The fraction of sp³-hybridized carbons (Fsp3) is 0.683. The molecule has 0 bridgehead atoms. The van der Waals surface area contributed by atoms with Crippen molar-refractivity contribution in [3.8, 4) is 11.1 Å². The van der Waals surface area contributed by atoms with Crippen molar-refractivity contribution in [2.24, 2.45) is 0 Å². The zero-order valence-electron chi connectivity index (χ0n) is 33.4. The summed E-state index contributed by atoms with van der Waals surface area (Å²) < 4.78 is 72.3. The molecule has 16 heteroatoms. The summed E-state index contributed by atoms with van der Waals surface area (Å²) in [6, 6.07) is 16.5. The van der Waals surface area contributed by atoms with Gasteiger partial charge in [-0.3, -0.25) is 0 Å². The topological polar surface area (TPSA) is 149 Å². The average molecular weight is 922 g/mol. The van der Waals surface area contributed by atoms with Crippen LogP contribution in [0.5, 0.6) is 0 Å². The Morgan fingerprint density at radius 3 is 1.02 bits per heavy atom. The molecule has 0 aliphatic heterocycles. The molecule has 0 radical (unpaired) electrons. The highest BCUT2D eigenvalue weighted by Gasteiger charge is 2.28. The van der Waals surface area contributed by atoms with Crippen LogP contribution in [0.2, 0.25) is 0 Å². The summed E-state index contributed by atoms with van der Waals surface area (Å²) >= 11 is 2.28. The van der Waals surface area contributed by atoms with Crippen LogP contribution in [0.4, 0.5) is 4.79 Å². The number of carbonyl (C=O) groups is 1. The van der Waals surface area contributed by atoms with Crippen LogP contribution in [0.15, 0.2) is 48.5 Å². The van der Waals surface area contributed by atoms with Gasteiger partial charge in [-0.2, -0.15) is 0 Å². The summed E-state index contributed by atoms with van der Waals surface area (Å²) in [5.41, 5.74) is 4.77. The largest absolute Gasteiger partial charge is 0.449 e. The van der Waals surface area contributed by atoms with Crippen LogP contribution in [0.3, 0.4) is 0 Å². The van der Waals surface area contributed by atoms with E-state index >= 15 is 0 Å². The molecule has 324 valence electrons. The second-order valence-corrected chi connectivity index (χ2v) is 13.4. The molecule has 1 amide bonds. The lowest BCUT2D eigenvalue weighted by atomic mass is 9.98. The third-order valence-electron chi connectivity index (χ3n) is 8.17. The summed E-state index contributed by atoms with van der Waals surface area (Å²) in [5, 5.41) is 2.74. The van der Waals surface area contributed by atoms with Gasteiger partial charge in [0.05, 0.1) is 159 Å². The predicted molar refractivity (Wildman–Crippen MR) is 222 cm³/mol. The van der Waals surface area contributed by atoms with Crippen LogP contribution in [-0.4, -0.2) is 182 Å². The third kappa shape index (κ3) is 24.6. The fourth-order valence-electron chi connectivity index (χ4n) is 5.45. The van der Waals surface area contributed by atoms with Gasteiger partial charge in [0.15, 0.2) is 0 Å². The molecule has 3 rings (SSSR count). The molecule has 0 spiro atoms. The van der Waals surface area contributed by atoms with Crippen molar-refractivity contribution in [1.29, 1.82) is 0 Å². The highest BCUT2D eigenvalue weighted by atomic mass is 127. The highest BCUT2D eigenvalue weighted by Crippen LogP contribution is 2.44. The maximum atomic E-state index is 12.3. The van der Waals surface area contributed by atoms with Crippen molar-refractivity contribution in [3.63, 3.8) is 0 Å². The fourth-order valence-corrected chi connectivity index (χ4v) is 5.76. The van der Waals surface area contributed by atoms with E-state index < -0.39 is 6.09 Å². The van der Waals surface area contributed by atoms with Crippen molar-refractivity contribution < 1.29 is 66.4 Å². The van der Waals surface area contributed by atoms with Crippen LogP contribution in [0.25, 0.3) is 11.1 Å². The Morgan fingerprint density at radius 1 is 0.421 bits per heavy atom. The first kappa shape index (κ1) is 49.3. The van der Waals surface area contributed by atoms with Crippen molar-refractivity contribution in [2.75, 3.05) is 176 Å². The lowest BCUT2D eigenvalue weighted by Gasteiger charge is -2.14. The van der Waals surface area contributed by atoms with Crippen LogP contribution >= 0.6 is 22.6 Å². The van der Waals surface area contributed by atoms with E-state index in [4.69, 9.17) is 61.6 Å². The second-order valence-electron chi connectivity index (χ2n) is 12.3. The molecule has 1 aliphatic carbocycles. The summed E-state index contributed by atoms with van der Waals surface area (Å²) in [6.45, 7) is 12.9. The Bertz CT molecular complexity index is 1200. The van der Waals surface area contributed by atoms with Crippen LogP contribution in [0, 0.1) is 0 Å². The minimum absolute atomic E-state index is 0.0359. The van der Waals surface area contributed by atoms with Crippen molar-refractivity contribution in [2.45, 2.75) is 5.92 Å². The first-order valence-electron chi connectivity index (χ1n) is 19.9. The zero-order chi connectivity index (χ0) is 40.1. The van der Waals surface area contributed by atoms with Gasteiger partial charge in [-0.1, -0.05) is 71.1 Å². The smallest absolute Gasteiger partial charge is 0.407 e. The van der Waals surface area contributed by atoms with E-state index in [1.54, 1.807) is 0 Å². The highest BCUT2D eigenvalue weighted by molar-refractivity contribution is 14.1. The summed E-state index contributed by atoms with van der Waals surface area (Å²) in [5.74, 6) is 0.0359. The first-order valence-corrected chi connectivity index (χ1v) is 21.4. The number of rotatable bonds is 40. The van der Waals surface area contributed by atoms with Crippen LogP contribution < -0.4 is 5.32 Å². The van der Waals surface area contributed by atoms with Gasteiger partial charge in [-0.05, 0) is 22.3 Å². The van der Waals surface area contributed by atoms with Crippen LogP contribution in [-0.2, 0) is 61.6 Å². The Balaban J connectivity index is 0.931. The number of alkyl halides is 1. The minimum atomic E-state index is -0.453. The van der Waals surface area contributed by atoms with Gasteiger partial charge >= 0.3 is 6.09 Å². The normalized spacial score (nSPS) is 12.2. The molecule has 1 N–H and O–H groups in total. The first-order chi connectivity index (χ1) is 28.3. The number of ether oxygens (including phenoxy) is 13. The number of alkyl carbamates (subject to hydrolysis) is 1. The molecule has 57 heavy (non-hydrogen) atoms. The van der Waals surface area contributed by atoms with Gasteiger partial charge in [0.1, 0.15) is 6.61 Å². The Labute approximate surface area is 352 Å². The molecule has 0 saturated carbocycles. The van der Waals surface area contributed by atoms with Gasteiger partial charge in [-0.25, -0.2) is 4.79 Å². The number of carbonyl (C=O) groups excluding carboxylic acids is 1. The minimum Gasteiger partial charge on any atom is -0.449 e. The van der Waals surface area contributed by atoms with E-state index in [0.29, 0.717) is 159 Å². The maximum Gasteiger partial charge on any atom is 0.407 e. The number of hydrogen-bond donors (Lipinski definition) is 1. The summed E-state index contributed by atoms with van der Waals surface area (Å²) in [4.78, 5) is 12.3. The summed E-state index contributed by atoms with van der Waals surface area (Å²) in [7, 11) is 0. The van der Waals surface area contributed by atoms with Gasteiger partial charge in [0.2, 0.25) is 0 Å². The number of benzene rings is 2. The van der Waals surface area contributed by atoms with E-state index in [-0.39, 0.29) is 12.5 Å². The van der Waals surface area contributed by atoms with Crippen molar-refractivity contribution in [1.82, 2.24) is 5.32 Å². The maximum absolute atomic E-state index is 12.3. The Morgan fingerprint density at radius 2 is 0.702 bits per heavy atom. The van der Waals surface area contributed by atoms with E-state index in [9.17, 15) is 4.79 Å². The van der Waals surface area contributed by atoms with E-state index in [0.717, 1.165) is 11.0 Å². The van der Waals surface area contributed by atoms with E-state index in [1.165, 1.54) is 22.3 Å². The number of fused-ring (bicyclic) bond motifs is 3. The molecule has 0 saturated heterocycles. The lowest BCUT2D eigenvalue weighted by Crippen LogP contribution is -2.29. The van der Waals surface area contributed by atoms with Gasteiger partial charge in [-0.15, -0.1) is 0 Å². The number of amides is 1. The van der Waals surface area contributed by atoms with Crippen LogP contribution in [0.1, 0.15) is 17.0 Å². The summed E-state index contributed by atoms with van der Waals surface area (Å²) in [6.07, 6.45) is -0.453. The third-order valence-corrected chi connectivity index (χ3v) is 8.61. The molecule has 0 unspecified atom stereocenters. The van der Waals surface area contributed by atoms with Crippen molar-refractivity contribution in [3.05, 3.63) is 59.7 Å². The second kappa shape index (κ2) is 35.9. The molecule has 0 atom stereocenters. The number of nitrogens with one attached hydrogen (secondary N) is 1. The molecule has 0 heterocycles. The Hall–Kier alpha value is -2.04. The molecule has 0 fully saturated rings. The quantitative estimate of drug-likeness (QED) is 0.0580. The monoisotopic (exact) mass is 921 g/mol. The van der Waals surface area contributed by atoms with Crippen molar-refractivity contribution >= 4 is 28.7 Å². The van der Waals surface area contributed by atoms with Gasteiger partial charge in [0, 0.05) is 16.9 Å². The molecule has 2 aromatic rings. The average Bonchev–Trinajstić information content (AvgIpc) is 3.55. The molecular formula is C41H64INO14. The number of halogens is 1. The van der Waals surface area contributed by atoms with Gasteiger partial charge in [0.25, 0.3) is 0 Å². The predicted octanol–water partition coefficient (Wildman–Crippen LogP) is 4.16. The molecular weight excluding hydrogens is 857 g/mol. The number of hydrogen-bond acceptors (Lipinski definition) is 14. The molecule has 0 aromatic heterocycles. The zero-order valence-corrected chi connectivity index (χ0v) is 35.5. The van der Waals surface area contributed by atoms with E-state index in [2.05, 4.69) is 52.2 Å². The van der Waals surface area contributed by atoms with E-state index in [1.807, 2.05) is 24.3 Å². The molecule has 1 aliphatic rings. The lowest BCUT2D eigenvalue weighted by molar-refractivity contribution is -0.0282. The molecule has 2 aromatic carbocycles. The molecule has 15 nitrogen and oxygen atoms in total. The SMILES string of the molecule is O=C(NCCOCCOCCOCCOCCOCCOCCOCCOCCOCCOCCOCCOCCI)OCC1c2ccccc2-c2ccccc21.